The van der Waals surface area contributed by atoms with Crippen LogP contribution in [0.3, 0.4) is 0 Å². The zero-order chi connectivity index (χ0) is 20.5. The van der Waals surface area contributed by atoms with Crippen molar-refractivity contribution in [3.63, 3.8) is 0 Å². The van der Waals surface area contributed by atoms with E-state index in [1.165, 1.54) is 6.08 Å². The van der Waals surface area contributed by atoms with E-state index in [-0.39, 0.29) is 12.0 Å². The Morgan fingerprint density at radius 3 is 2.21 bits per heavy atom. The molecule has 0 saturated carbocycles. The molecule has 4 heteroatoms. The quantitative estimate of drug-likeness (QED) is 0.504. The van der Waals surface area contributed by atoms with Crippen molar-refractivity contribution in [1.29, 1.82) is 0 Å². The van der Waals surface area contributed by atoms with Gasteiger partial charge in [-0.1, -0.05) is 42.5 Å². The first-order valence-electron chi connectivity index (χ1n) is 9.61. The molecule has 3 rings (SSSR count). The van der Waals surface area contributed by atoms with E-state index in [2.05, 4.69) is 5.32 Å². The number of nitrogens with one attached hydrogen (secondary N) is 1. The predicted molar refractivity (Wildman–Crippen MR) is 117 cm³/mol. The van der Waals surface area contributed by atoms with E-state index in [4.69, 9.17) is 9.47 Å². The second-order valence-electron chi connectivity index (χ2n) is 6.86. The van der Waals surface area contributed by atoms with E-state index >= 15 is 0 Å². The van der Waals surface area contributed by atoms with Crippen LogP contribution in [-0.2, 0) is 11.4 Å². The van der Waals surface area contributed by atoms with Crippen LogP contribution in [0.15, 0.2) is 84.9 Å². The Kier molecular flexibility index (Phi) is 7.06. The van der Waals surface area contributed by atoms with Gasteiger partial charge < -0.3 is 14.8 Å². The van der Waals surface area contributed by atoms with Crippen LogP contribution < -0.4 is 14.8 Å². The van der Waals surface area contributed by atoms with Gasteiger partial charge >= 0.3 is 0 Å². The summed E-state index contributed by atoms with van der Waals surface area (Å²) in [4.78, 5) is 12.1. The molecule has 4 nitrogen and oxygen atoms in total. The van der Waals surface area contributed by atoms with Gasteiger partial charge in [-0.3, -0.25) is 4.79 Å². The van der Waals surface area contributed by atoms with Crippen molar-refractivity contribution in [3.05, 3.63) is 96.1 Å². The topological polar surface area (TPSA) is 47.6 Å². The zero-order valence-corrected chi connectivity index (χ0v) is 16.7. The van der Waals surface area contributed by atoms with Crippen LogP contribution in [-0.4, -0.2) is 12.0 Å². The normalized spacial score (nSPS) is 10.9. The van der Waals surface area contributed by atoms with Gasteiger partial charge in [0.15, 0.2) is 0 Å². The molecular formula is C25H25NO3. The molecule has 0 saturated heterocycles. The van der Waals surface area contributed by atoms with E-state index < -0.39 is 0 Å². The second-order valence-corrected chi connectivity index (χ2v) is 6.86. The molecule has 0 unspecified atom stereocenters. The molecule has 148 valence electrons. The number of hydrogen-bond acceptors (Lipinski definition) is 3. The van der Waals surface area contributed by atoms with Crippen LogP contribution in [0.2, 0.25) is 0 Å². The van der Waals surface area contributed by atoms with Crippen LogP contribution in [0.4, 0.5) is 5.69 Å². The number of anilines is 1. The zero-order valence-electron chi connectivity index (χ0n) is 16.7. The minimum Gasteiger partial charge on any atom is -0.491 e. The van der Waals surface area contributed by atoms with Gasteiger partial charge in [0.25, 0.3) is 0 Å². The number of ether oxygens (including phenoxy) is 2. The molecule has 0 bridgehead atoms. The summed E-state index contributed by atoms with van der Waals surface area (Å²) in [6.07, 6.45) is 3.40. The van der Waals surface area contributed by atoms with Crippen LogP contribution in [0.1, 0.15) is 25.0 Å². The second kappa shape index (κ2) is 10.1. The number of rotatable bonds is 8. The molecule has 0 spiro atoms. The fraction of sp³-hybridized carbons (Fsp3) is 0.160. The Labute approximate surface area is 171 Å². The SMILES string of the molecule is CC(C)Oc1ccc(NC(=O)/C=C/c2ccc(OCc3ccccc3)cc2)cc1. The minimum atomic E-state index is -0.188. The molecule has 0 aliphatic carbocycles. The van der Waals surface area contributed by atoms with Crippen LogP contribution in [0.5, 0.6) is 11.5 Å². The Hall–Kier alpha value is -3.53. The molecule has 1 N–H and O–H groups in total. The number of carbonyl (C=O) groups is 1. The molecule has 0 atom stereocenters. The van der Waals surface area contributed by atoms with Crippen molar-refractivity contribution in [3.8, 4) is 11.5 Å². The first kappa shape index (κ1) is 20.2. The first-order valence-corrected chi connectivity index (χ1v) is 9.61. The average molecular weight is 387 g/mol. The Morgan fingerprint density at radius 1 is 0.897 bits per heavy atom. The molecule has 0 aromatic heterocycles. The van der Waals surface area contributed by atoms with Gasteiger partial charge in [-0.25, -0.2) is 0 Å². The number of carbonyl (C=O) groups excluding carboxylic acids is 1. The number of benzene rings is 3. The third-order valence-electron chi connectivity index (χ3n) is 4.05. The molecule has 3 aromatic carbocycles. The fourth-order valence-electron chi connectivity index (χ4n) is 2.66. The number of hydrogen-bond donors (Lipinski definition) is 1. The summed E-state index contributed by atoms with van der Waals surface area (Å²) in [5.74, 6) is 1.38. The van der Waals surface area contributed by atoms with Gasteiger partial charge in [-0.2, -0.15) is 0 Å². The van der Waals surface area contributed by atoms with Crippen molar-refractivity contribution in [2.24, 2.45) is 0 Å². The van der Waals surface area contributed by atoms with Crippen molar-refractivity contribution in [2.45, 2.75) is 26.6 Å². The summed E-state index contributed by atoms with van der Waals surface area (Å²) in [6.45, 7) is 4.48. The molecule has 0 aliphatic rings. The summed E-state index contributed by atoms with van der Waals surface area (Å²) in [6, 6.07) is 25.0. The van der Waals surface area contributed by atoms with Gasteiger partial charge in [0.1, 0.15) is 18.1 Å². The maximum atomic E-state index is 12.1. The summed E-state index contributed by atoms with van der Waals surface area (Å²) in [7, 11) is 0. The summed E-state index contributed by atoms with van der Waals surface area (Å²) in [5, 5.41) is 2.84. The molecule has 0 heterocycles. The van der Waals surface area contributed by atoms with E-state index in [0.29, 0.717) is 6.61 Å². The van der Waals surface area contributed by atoms with Crippen molar-refractivity contribution in [1.82, 2.24) is 0 Å². The lowest BCUT2D eigenvalue weighted by atomic mass is 10.2. The van der Waals surface area contributed by atoms with E-state index in [1.54, 1.807) is 6.08 Å². The lowest BCUT2D eigenvalue weighted by Gasteiger charge is -2.10. The predicted octanol–water partition coefficient (Wildman–Crippen LogP) is 5.70. The smallest absolute Gasteiger partial charge is 0.248 e. The highest BCUT2D eigenvalue weighted by Gasteiger charge is 2.01. The molecule has 3 aromatic rings. The highest BCUT2D eigenvalue weighted by molar-refractivity contribution is 6.01. The largest absolute Gasteiger partial charge is 0.491 e. The lowest BCUT2D eigenvalue weighted by Crippen LogP contribution is -2.08. The molecular weight excluding hydrogens is 362 g/mol. The monoisotopic (exact) mass is 387 g/mol. The highest BCUT2D eigenvalue weighted by Crippen LogP contribution is 2.18. The lowest BCUT2D eigenvalue weighted by molar-refractivity contribution is -0.111. The molecule has 29 heavy (non-hydrogen) atoms. The standard InChI is InChI=1S/C25H25NO3/c1-19(2)29-24-15-11-22(12-16-24)26-25(27)17-10-20-8-13-23(14-9-20)28-18-21-6-4-3-5-7-21/h3-17,19H,18H2,1-2H3,(H,26,27)/b17-10+. The van der Waals surface area contributed by atoms with Gasteiger partial charge in [-0.05, 0) is 67.4 Å². The van der Waals surface area contributed by atoms with Crippen LogP contribution in [0, 0.1) is 0 Å². The Bertz CT molecular complexity index is 930. The summed E-state index contributed by atoms with van der Waals surface area (Å²) < 4.78 is 11.4. The van der Waals surface area contributed by atoms with E-state index in [9.17, 15) is 4.79 Å². The third kappa shape index (κ3) is 6.85. The van der Waals surface area contributed by atoms with Crippen molar-refractivity contribution >= 4 is 17.7 Å². The van der Waals surface area contributed by atoms with Crippen molar-refractivity contribution in [2.75, 3.05) is 5.32 Å². The van der Waals surface area contributed by atoms with Crippen LogP contribution >= 0.6 is 0 Å². The van der Waals surface area contributed by atoms with E-state index in [1.807, 2.05) is 92.7 Å². The Morgan fingerprint density at radius 2 is 1.55 bits per heavy atom. The fourth-order valence-corrected chi connectivity index (χ4v) is 2.66. The third-order valence-corrected chi connectivity index (χ3v) is 4.05. The highest BCUT2D eigenvalue weighted by atomic mass is 16.5. The maximum Gasteiger partial charge on any atom is 0.248 e. The van der Waals surface area contributed by atoms with Gasteiger partial charge in [0, 0.05) is 11.8 Å². The minimum absolute atomic E-state index is 0.119. The number of amides is 1. The van der Waals surface area contributed by atoms with Crippen LogP contribution in [0.25, 0.3) is 6.08 Å². The van der Waals surface area contributed by atoms with Gasteiger partial charge in [-0.15, -0.1) is 0 Å². The van der Waals surface area contributed by atoms with Crippen molar-refractivity contribution < 1.29 is 14.3 Å². The molecule has 1 amide bonds. The Balaban J connectivity index is 1.49. The van der Waals surface area contributed by atoms with Gasteiger partial charge in [0.2, 0.25) is 5.91 Å². The van der Waals surface area contributed by atoms with Gasteiger partial charge in [0.05, 0.1) is 6.10 Å². The average Bonchev–Trinajstić information content (AvgIpc) is 2.73. The van der Waals surface area contributed by atoms with E-state index in [0.717, 1.165) is 28.3 Å². The first-order chi connectivity index (χ1) is 14.1. The molecule has 0 radical (unpaired) electrons. The summed E-state index contributed by atoms with van der Waals surface area (Å²) in [5.41, 5.74) is 2.77. The molecule has 0 fully saturated rings. The summed E-state index contributed by atoms with van der Waals surface area (Å²) >= 11 is 0. The molecule has 0 aliphatic heterocycles. The maximum absolute atomic E-state index is 12.1.